The first-order valence-corrected chi connectivity index (χ1v) is 9.00. The van der Waals surface area contributed by atoms with E-state index >= 15 is 0 Å². The molecule has 0 N–H and O–H groups in total. The second kappa shape index (κ2) is 8.30. The summed E-state index contributed by atoms with van der Waals surface area (Å²) in [5.74, 6) is -3.21. The molecule has 3 aromatic carbocycles. The van der Waals surface area contributed by atoms with E-state index in [1.54, 1.807) is 25.1 Å². The monoisotopic (exact) mass is 370 g/mol. The molecule has 0 bridgehead atoms. The van der Waals surface area contributed by atoms with Gasteiger partial charge < -0.3 is 4.74 Å². The normalized spacial score (nSPS) is 11.4. The molecule has 0 aliphatic heterocycles. The largest absolute Gasteiger partial charge is 0.491 e. The summed E-state index contributed by atoms with van der Waals surface area (Å²) < 4.78 is 48.9. The molecule has 0 atom stereocenters. The summed E-state index contributed by atoms with van der Waals surface area (Å²) in [6.45, 7) is 3.91. The number of rotatable bonds is 6. The number of halogens is 3. The van der Waals surface area contributed by atoms with Crippen molar-refractivity contribution in [1.82, 2.24) is 0 Å². The molecule has 27 heavy (non-hydrogen) atoms. The molecular formula is C23H21F3O. The van der Waals surface area contributed by atoms with E-state index in [0.29, 0.717) is 10.9 Å². The quantitative estimate of drug-likeness (QED) is 0.432. The Kier molecular flexibility index (Phi) is 5.84. The van der Waals surface area contributed by atoms with E-state index < -0.39 is 17.5 Å². The zero-order valence-electron chi connectivity index (χ0n) is 15.4. The standard InChI is InChI=1S/C23H21F3O/c1-3-5-6-7-15-8-10-16(11-9-15)18-14-17-12-13-19(27-4-2)22(25)20(17)23(26)21(18)24/h3,5,8-14H,4,6-7H2,1-2H3/b5-3+. The first kappa shape index (κ1) is 19.0. The molecule has 1 nitrogen and oxygen atoms in total. The summed E-state index contributed by atoms with van der Waals surface area (Å²) in [7, 11) is 0. The molecule has 0 spiro atoms. The topological polar surface area (TPSA) is 9.23 Å². The van der Waals surface area contributed by atoms with E-state index in [4.69, 9.17) is 4.74 Å². The highest BCUT2D eigenvalue weighted by Crippen LogP contribution is 2.35. The Morgan fingerprint density at radius 3 is 2.33 bits per heavy atom. The molecule has 4 heteroatoms. The number of aryl methyl sites for hydroxylation is 1. The smallest absolute Gasteiger partial charge is 0.175 e. The van der Waals surface area contributed by atoms with Crippen LogP contribution in [0.25, 0.3) is 21.9 Å². The first-order valence-electron chi connectivity index (χ1n) is 9.00. The Morgan fingerprint density at radius 1 is 0.926 bits per heavy atom. The molecule has 0 aliphatic rings. The van der Waals surface area contributed by atoms with Gasteiger partial charge in [0.1, 0.15) is 0 Å². The van der Waals surface area contributed by atoms with E-state index in [1.807, 2.05) is 25.1 Å². The van der Waals surface area contributed by atoms with Crippen molar-refractivity contribution in [1.29, 1.82) is 0 Å². The van der Waals surface area contributed by atoms with E-state index in [9.17, 15) is 13.2 Å². The minimum Gasteiger partial charge on any atom is -0.491 e. The Bertz CT molecular complexity index is 975. The molecule has 0 radical (unpaired) electrons. The van der Waals surface area contributed by atoms with Crippen LogP contribution < -0.4 is 4.74 Å². The number of ether oxygens (including phenoxy) is 1. The summed E-state index contributed by atoms with van der Waals surface area (Å²) in [5, 5.41) is -0.0906. The van der Waals surface area contributed by atoms with Crippen LogP contribution >= 0.6 is 0 Å². The van der Waals surface area contributed by atoms with Gasteiger partial charge in [0.25, 0.3) is 0 Å². The van der Waals surface area contributed by atoms with Gasteiger partial charge in [0.15, 0.2) is 23.2 Å². The Labute approximate surface area is 157 Å². The highest BCUT2D eigenvalue weighted by Gasteiger charge is 2.20. The Morgan fingerprint density at radius 2 is 1.67 bits per heavy atom. The number of allylic oxidation sites excluding steroid dienone is 2. The zero-order valence-corrected chi connectivity index (χ0v) is 15.4. The third kappa shape index (κ3) is 3.85. The SMILES string of the molecule is C/C=C/CCc1ccc(-c2cc3ccc(OCC)c(F)c3c(F)c2F)cc1. The van der Waals surface area contributed by atoms with Gasteiger partial charge in [0.05, 0.1) is 12.0 Å². The highest BCUT2D eigenvalue weighted by atomic mass is 19.2. The Balaban J connectivity index is 2.02. The molecule has 0 amide bonds. The second-order valence-corrected chi connectivity index (χ2v) is 6.27. The van der Waals surface area contributed by atoms with Crippen LogP contribution in [0.2, 0.25) is 0 Å². The fourth-order valence-electron chi connectivity index (χ4n) is 3.11. The van der Waals surface area contributed by atoms with Gasteiger partial charge in [-0.1, -0.05) is 42.5 Å². The minimum atomic E-state index is -1.20. The van der Waals surface area contributed by atoms with Crippen LogP contribution in [0.3, 0.4) is 0 Å². The van der Waals surface area contributed by atoms with Crippen LogP contribution in [-0.4, -0.2) is 6.61 Å². The summed E-state index contributed by atoms with van der Waals surface area (Å²) in [6, 6.07) is 11.8. The van der Waals surface area contributed by atoms with Crippen molar-refractivity contribution >= 4 is 10.8 Å². The summed E-state index contributed by atoms with van der Waals surface area (Å²) in [5.41, 5.74) is 1.78. The molecule has 3 rings (SSSR count). The lowest BCUT2D eigenvalue weighted by Crippen LogP contribution is -1.99. The second-order valence-electron chi connectivity index (χ2n) is 6.27. The van der Waals surface area contributed by atoms with Gasteiger partial charge >= 0.3 is 0 Å². The van der Waals surface area contributed by atoms with Gasteiger partial charge in [0, 0.05) is 5.56 Å². The van der Waals surface area contributed by atoms with Crippen molar-refractivity contribution in [3.63, 3.8) is 0 Å². The lowest BCUT2D eigenvalue weighted by molar-refractivity contribution is 0.322. The van der Waals surface area contributed by atoms with Crippen molar-refractivity contribution < 1.29 is 17.9 Å². The van der Waals surface area contributed by atoms with Crippen molar-refractivity contribution in [2.24, 2.45) is 0 Å². The predicted molar refractivity (Wildman–Crippen MR) is 104 cm³/mol. The van der Waals surface area contributed by atoms with E-state index in [-0.39, 0.29) is 23.3 Å². The zero-order chi connectivity index (χ0) is 19.4. The lowest BCUT2D eigenvalue weighted by Gasteiger charge is -2.12. The highest BCUT2D eigenvalue weighted by molar-refractivity contribution is 5.90. The molecule has 0 fully saturated rings. The summed E-state index contributed by atoms with van der Waals surface area (Å²) in [6.07, 6.45) is 5.88. The van der Waals surface area contributed by atoms with Crippen molar-refractivity contribution in [3.8, 4) is 16.9 Å². The van der Waals surface area contributed by atoms with Crippen LogP contribution in [0.5, 0.6) is 5.75 Å². The molecule has 0 aliphatic carbocycles. The van der Waals surface area contributed by atoms with E-state index in [0.717, 1.165) is 18.4 Å². The average molecular weight is 370 g/mol. The molecule has 3 aromatic rings. The maximum absolute atomic E-state index is 14.7. The number of benzene rings is 3. The van der Waals surface area contributed by atoms with Gasteiger partial charge in [-0.2, -0.15) is 0 Å². The maximum atomic E-state index is 14.7. The van der Waals surface area contributed by atoms with Gasteiger partial charge in [0.2, 0.25) is 0 Å². The fourth-order valence-corrected chi connectivity index (χ4v) is 3.11. The van der Waals surface area contributed by atoms with Gasteiger partial charge in [-0.3, -0.25) is 0 Å². The van der Waals surface area contributed by atoms with Crippen molar-refractivity contribution in [3.05, 3.63) is 77.6 Å². The average Bonchev–Trinajstić information content (AvgIpc) is 2.67. The third-order valence-electron chi connectivity index (χ3n) is 4.49. The van der Waals surface area contributed by atoms with Crippen LogP contribution in [0.4, 0.5) is 13.2 Å². The van der Waals surface area contributed by atoms with Crippen molar-refractivity contribution in [2.75, 3.05) is 6.61 Å². The number of hydrogen-bond donors (Lipinski definition) is 0. The van der Waals surface area contributed by atoms with Crippen LogP contribution in [-0.2, 0) is 6.42 Å². The molecular weight excluding hydrogens is 349 g/mol. The minimum absolute atomic E-state index is 0.0819. The lowest BCUT2D eigenvalue weighted by atomic mass is 9.98. The number of fused-ring (bicyclic) bond motifs is 1. The molecule has 0 saturated carbocycles. The van der Waals surface area contributed by atoms with Gasteiger partial charge in [-0.15, -0.1) is 0 Å². The molecule has 0 heterocycles. The van der Waals surface area contributed by atoms with E-state index in [1.165, 1.54) is 12.1 Å². The maximum Gasteiger partial charge on any atom is 0.175 e. The number of hydrogen-bond acceptors (Lipinski definition) is 1. The molecule has 0 saturated heterocycles. The summed E-state index contributed by atoms with van der Waals surface area (Å²) in [4.78, 5) is 0. The van der Waals surface area contributed by atoms with Gasteiger partial charge in [-0.25, -0.2) is 13.2 Å². The molecule has 0 aromatic heterocycles. The van der Waals surface area contributed by atoms with Crippen LogP contribution in [0, 0.1) is 17.5 Å². The molecule has 0 unspecified atom stereocenters. The van der Waals surface area contributed by atoms with Crippen LogP contribution in [0.1, 0.15) is 25.8 Å². The van der Waals surface area contributed by atoms with Gasteiger partial charge in [-0.05, 0) is 55.3 Å². The van der Waals surface area contributed by atoms with Crippen LogP contribution in [0.15, 0.2) is 54.6 Å². The first-order chi connectivity index (χ1) is 13.1. The van der Waals surface area contributed by atoms with E-state index in [2.05, 4.69) is 6.08 Å². The summed E-state index contributed by atoms with van der Waals surface area (Å²) >= 11 is 0. The molecule has 140 valence electrons. The van der Waals surface area contributed by atoms with Crippen molar-refractivity contribution in [2.45, 2.75) is 26.7 Å². The predicted octanol–water partition coefficient (Wildman–Crippen LogP) is 6.83. The Hall–Kier alpha value is -2.75. The third-order valence-corrected chi connectivity index (χ3v) is 4.49. The fraction of sp³-hybridized carbons (Fsp3) is 0.217.